The van der Waals surface area contributed by atoms with Crippen LogP contribution < -0.4 is 19.5 Å². The van der Waals surface area contributed by atoms with Crippen molar-refractivity contribution in [3.8, 4) is 17.2 Å². The Labute approximate surface area is 182 Å². The van der Waals surface area contributed by atoms with E-state index in [0.717, 1.165) is 18.4 Å². The minimum atomic E-state index is -3.69. The number of fused-ring (bicyclic) bond motifs is 1. The van der Waals surface area contributed by atoms with Gasteiger partial charge in [0.15, 0.2) is 11.5 Å². The molecule has 2 aromatic carbocycles. The Kier molecular flexibility index (Phi) is 6.33. The van der Waals surface area contributed by atoms with Gasteiger partial charge in [-0.2, -0.15) is 4.31 Å². The molecule has 2 aromatic rings. The second-order valence-corrected chi connectivity index (χ2v) is 9.50. The molecule has 0 bridgehead atoms. The smallest absolute Gasteiger partial charge is 0.243 e. The Bertz CT molecular complexity index is 1040. The number of carbonyl (C=O) groups is 1. The first-order chi connectivity index (χ1) is 15.0. The molecule has 2 heterocycles. The van der Waals surface area contributed by atoms with Crippen molar-refractivity contribution in [2.45, 2.75) is 43.2 Å². The van der Waals surface area contributed by atoms with Gasteiger partial charge in [-0.15, -0.1) is 0 Å². The van der Waals surface area contributed by atoms with Gasteiger partial charge in [0.1, 0.15) is 5.75 Å². The molecule has 0 saturated carbocycles. The zero-order chi connectivity index (χ0) is 21.8. The number of hydrogen-bond acceptors (Lipinski definition) is 6. The van der Waals surface area contributed by atoms with Crippen molar-refractivity contribution in [2.75, 3.05) is 20.4 Å². The van der Waals surface area contributed by atoms with Gasteiger partial charge >= 0.3 is 0 Å². The second kappa shape index (κ2) is 9.15. The highest BCUT2D eigenvalue weighted by atomic mass is 32.2. The van der Waals surface area contributed by atoms with Crippen LogP contribution in [0.5, 0.6) is 17.2 Å². The lowest BCUT2D eigenvalue weighted by atomic mass is 10.0. The van der Waals surface area contributed by atoms with Crippen molar-refractivity contribution in [1.82, 2.24) is 9.62 Å². The third-order valence-electron chi connectivity index (χ3n) is 5.59. The van der Waals surface area contributed by atoms with Crippen molar-refractivity contribution < 1.29 is 27.4 Å². The molecule has 1 amide bonds. The lowest BCUT2D eigenvalue weighted by Gasteiger charge is -2.34. The van der Waals surface area contributed by atoms with Crippen molar-refractivity contribution in [3.05, 3.63) is 48.0 Å². The summed E-state index contributed by atoms with van der Waals surface area (Å²) in [5.74, 6) is 1.77. The van der Waals surface area contributed by atoms with Crippen molar-refractivity contribution in [1.29, 1.82) is 0 Å². The van der Waals surface area contributed by atoms with E-state index in [1.165, 1.54) is 11.4 Å². The van der Waals surface area contributed by atoms with Gasteiger partial charge < -0.3 is 19.5 Å². The summed E-state index contributed by atoms with van der Waals surface area (Å²) in [6.45, 7) is 0.952. The zero-order valence-corrected chi connectivity index (χ0v) is 18.2. The van der Waals surface area contributed by atoms with Gasteiger partial charge in [0, 0.05) is 25.6 Å². The number of amides is 1. The van der Waals surface area contributed by atoms with Gasteiger partial charge in [0.25, 0.3) is 0 Å². The number of ether oxygens (including phenoxy) is 3. The Morgan fingerprint density at radius 1 is 1.13 bits per heavy atom. The first-order valence-corrected chi connectivity index (χ1v) is 11.7. The molecule has 31 heavy (non-hydrogen) atoms. The number of carbonyl (C=O) groups excluding carboxylic acids is 1. The fourth-order valence-corrected chi connectivity index (χ4v) is 5.61. The maximum atomic E-state index is 13.2. The zero-order valence-electron chi connectivity index (χ0n) is 17.4. The Morgan fingerprint density at radius 2 is 1.90 bits per heavy atom. The molecule has 1 fully saturated rings. The molecule has 0 radical (unpaired) electrons. The Morgan fingerprint density at radius 3 is 2.68 bits per heavy atom. The second-order valence-electron chi connectivity index (χ2n) is 7.61. The number of piperidine rings is 1. The van der Waals surface area contributed by atoms with Crippen LogP contribution in [0, 0.1) is 0 Å². The van der Waals surface area contributed by atoms with Crippen LogP contribution in [-0.2, 0) is 21.4 Å². The molecule has 0 spiro atoms. The number of sulfonamides is 1. The monoisotopic (exact) mass is 446 g/mol. The predicted molar refractivity (Wildman–Crippen MR) is 114 cm³/mol. The summed E-state index contributed by atoms with van der Waals surface area (Å²) in [5, 5.41) is 2.89. The molecule has 2 aliphatic rings. The highest BCUT2D eigenvalue weighted by Gasteiger charge is 2.34. The van der Waals surface area contributed by atoms with E-state index in [1.807, 2.05) is 18.2 Å². The minimum Gasteiger partial charge on any atom is -0.497 e. The van der Waals surface area contributed by atoms with Crippen LogP contribution in [0.4, 0.5) is 0 Å². The van der Waals surface area contributed by atoms with Gasteiger partial charge in [0.05, 0.1) is 12.0 Å². The van der Waals surface area contributed by atoms with Crippen LogP contribution in [0.15, 0.2) is 47.4 Å². The molecule has 0 aliphatic carbocycles. The third kappa shape index (κ3) is 4.77. The van der Waals surface area contributed by atoms with Crippen LogP contribution >= 0.6 is 0 Å². The topological polar surface area (TPSA) is 94.2 Å². The average Bonchev–Trinajstić information content (AvgIpc) is 3.26. The highest BCUT2D eigenvalue weighted by Crippen LogP contribution is 2.32. The lowest BCUT2D eigenvalue weighted by molar-refractivity contribution is -0.122. The fourth-order valence-electron chi connectivity index (χ4n) is 3.92. The van der Waals surface area contributed by atoms with Gasteiger partial charge in [-0.05, 0) is 54.8 Å². The van der Waals surface area contributed by atoms with Crippen LogP contribution in [0.1, 0.15) is 31.2 Å². The van der Waals surface area contributed by atoms with Gasteiger partial charge in [-0.1, -0.05) is 12.5 Å². The van der Waals surface area contributed by atoms with Crippen LogP contribution in [0.2, 0.25) is 0 Å². The summed E-state index contributed by atoms with van der Waals surface area (Å²) in [4.78, 5) is 12.8. The van der Waals surface area contributed by atoms with Crippen LogP contribution in [0.25, 0.3) is 0 Å². The van der Waals surface area contributed by atoms with E-state index in [-0.39, 0.29) is 30.1 Å². The SMILES string of the molecule is COc1ccc(S(=O)(=O)N2CCCC[C@@H]2CC(=O)NCc2ccc3c(c2)OCO3)cc1. The quantitative estimate of drug-likeness (QED) is 0.703. The van der Waals surface area contributed by atoms with E-state index in [4.69, 9.17) is 14.2 Å². The first-order valence-electron chi connectivity index (χ1n) is 10.3. The molecular weight excluding hydrogens is 420 g/mol. The van der Waals surface area contributed by atoms with Crippen LogP contribution in [-0.4, -0.2) is 45.1 Å². The number of benzene rings is 2. The highest BCUT2D eigenvalue weighted by molar-refractivity contribution is 7.89. The molecule has 2 aliphatic heterocycles. The summed E-state index contributed by atoms with van der Waals surface area (Å²) in [6.07, 6.45) is 2.46. The molecule has 4 rings (SSSR count). The first kappa shape index (κ1) is 21.5. The largest absolute Gasteiger partial charge is 0.497 e. The summed E-state index contributed by atoms with van der Waals surface area (Å²) < 4.78 is 43.6. The molecule has 1 atom stereocenters. The Balaban J connectivity index is 1.40. The van der Waals surface area contributed by atoms with Crippen molar-refractivity contribution in [2.24, 2.45) is 0 Å². The fraction of sp³-hybridized carbons (Fsp3) is 0.409. The summed E-state index contributed by atoms with van der Waals surface area (Å²) in [6, 6.07) is 11.5. The molecular formula is C22H26N2O6S. The molecule has 8 nitrogen and oxygen atoms in total. The van der Waals surface area contributed by atoms with Crippen molar-refractivity contribution >= 4 is 15.9 Å². The molecule has 1 N–H and O–H groups in total. The average molecular weight is 447 g/mol. The maximum absolute atomic E-state index is 13.2. The number of nitrogens with zero attached hydrogens (tertiary/aromatic N) is 1. The molecule has 0 unspecified atom stereocenters. The number of nitrogens with one attached hydrogen (secondary N) is 1. The number of hydrogen-bond donors (Lipinski definition) is 1. The normalized spacial score (nSPS) is 18.5. The summed E-state index contributed by atoms with van der Waals surface area (Å²) in [7, 11) is -2.15. The van der Waals surface area contributed by atoms with E-state index >= 15 is 0 Å². The molecule has 1 saturated heterocycles. The van der Waals surface area contributed by atoms with E-state index < -0.39 is 10.0 Å². The molecule has 0 aromatic heterocycles. The Hall–Kier alpha value is -2.78. The molecule has 9 heteroatoms. The third-order valence-corrected chi connectivity index (χ3v) is 7.55. The van der Waals surface area contributed by atoms with Gasteiger partial charge in [0.2, 0.25) is 22.7 Å². The maximum Gasteiger partial charge on any atom is 0.243 e. The number of rotatable bonds is 7. The number of methoxy groups -OCH3 is 1. The van der Waals surface area contributed by atoms with E-state index in [0.29, 0.717) is 36.8 Å². The summed E-state index contributed by atoms with van der Waals surface area (Å²) >= 11 is 0. The lowest BCUT2D eigenvalue weighted by Crippen LogP contribution is -2.45. The van der Waals surface area contributed by atoms with Gasteiger partial charge in [-0.25, -0.2) is 8.42 Å². The van der Waals surface area contributed by atoms with E-state index in [9.17, 15) is 13.2 Å². The molecule has 166 valence electrons. The standard InChI is InChI=1S/C22H26N2O6S/c1-28-18-6-8-19(9-7-18)31(26,27)24-11-3-2-4-17(24)13-22(25)23-14-16-5-10-20-21(12-16)30-15-29-20/h5-10,12,17H,2-4,11,13-15H2,1H3,(H,23,25)/t17-/m1/s1. The van der Waals surface area contributed by atoms with E-state index in [2.05, 4.69) is 5.32 Å². The van der Waals surface area contributed by atoms with E-state index in [1.54, 1.807) is 24.3 Å². The summed E-state index contributed by atoms with van der Waals surface area (Å²) in [5.41, 5.74) is 0.893. The van der Waals surface area contributed by atoms with Gasteiger partial charge in [-0.3, -0.25) is 4.79 Å². The van der Waals surface area contributed by atoms with Crippen molar-refractivity contribution in [3.63, 3.8) is 0 Å². The van der Waals surface area contributed by atoms with Crippen LogP contribution in [0.3, 0.4) is 0 Å². The predicted octanol–water partition coefficient (Wildman–Crippen LogP) is 2.67. The minimum absolute atomic E-state index is 0.125.